The SMILES string of the molecule is CC(=O)c1cccc(NC(=O)NCCCN2CC3Cc4ccccc4CC3C2)c1. The molecular formula is C24H29N3O2. The lowest BCUT2D eigenvalue weighted by Crippen LogP contribution is -2.32. The zero-order valence-electron chi connectivity index (χ0n) is 17.0. The molecule has 2 unspecified atom stereocenters. The Labute approximate surface area is 172 Å². The number of nitrogens with zero attached hydrogens (tertiary/aromatic N) is 1. The molecule has 2 atom stereocenters. The summed E-state index contributed by atoms with van der Waals surface area (Å²) in [5.74, 6) is 1.53. The lowest BCUT2D eigenvalue weighted by Gasteiger charge is -2.26. The van der Waals surface area contributed by atoms with E-state index in [0.29, 0.717) is 17.8 Å². The van der Waals surface area contributed by atoms with Gasteiger partial charge in [-0.15, -0.1) is 0 Å². The quantitative estimate of drug-likeness (QED) is 0.582. The van der Waals surface area contributed by atoms with Crippen molar-refractivity contribution in [3.63, 3.8) is 0 Å². The summed E-state index contributed by atoms with van der Waals surface area (Å²) in [5, 5.41) is 5.72. The van der Waals surface area contributed by atoms with Gasteiger partial charge < -0.3 is 15.5 Å². The molecular weight excluding hydrogens is 362 g/mol. The summed E-state index contributed by atoms with van der Waals surface area (Å²) in [6, 6.07) is 15.6. The monoisotopic (exact) mass is 391 g/mol. The van der Waals surface area contributed by atoms with Crippen LogP contribution in [0.3, 0.4) is 0 Å². The first kappa shape index (κ1) is 19.6. The number of carbonyl (C=O) groups excluding carboxylic acids is 2. The van der Waals surface area contributed by atoms with E-state index >= 15 is 0 Å². The van der Waals surface area contributed by atoms with Gasteiger partial charge in [0.1, 0.15) is 0 Å². The van der Waals surface area contributed by atoms with Crippen molar-refractivity contribution in [1.82, 2.24) is 10.2 Å². The summed E-state index contributed by atoms with van der Waals surface area (Å²) >= 11 is 0. The van der Waals surface area contributed by atoms with Gasteiger partial charge in [-0.3, -0.25) is 4.79 Å². The third-order valence-corrected chi connectivity index (χ3v) is 6.20. The molecule has 152 valence electrons. The lowest BCUT2D eigenvalue weighted by atomic mass is 9.78. The van der Waals surface area contributed by atoms with Crippen LogP contribution in [0, 0.1) is 11.8 Å². The van der Waals surface area contributed by atoms with Crippen LogP contribution in [0.2, 0.25) is 0 Å². The maximum Gasteiger partial charge on any atom is 0.319 e. The average Bonchev–Trinajstić information content (AvgIpc) is 3.11. The summed E-state index contributed by atoms with van der Waals surface area (Å²) in [4.78, 5) is 26.1. The fourth-order valence-corrected chi connectivity index (χ4v) is 4.70. The Morgan fingerprint density at radius 3 is 2.34 bits per heavy atom. The van der Waals surface area contributed by atoms with Crippen molar-refractivity contribution >= 4 is 17.5 Å². The number of amides is 2. The van der Waals surface area contributed by atoms with Crippen molar-refractivity contribution in [2.24, 2.45) is 11.8 Å². The Bertz CT molecular complexity index is 862. The average molecular weight is 392 g/mol. The number of likely N-dealkylation sites (tertiary alicyclic amines) is 1. The van der Waals surface area contributed by atoms with Crippen molar-refractivity contribution in [1.29, 1.82) is 0 Å². The molecule has 1 aliphatic carbocycles. The third-order valence-electron chi connectivity index (χ3n) is 6.20. The first-order valence-electron chi connectivity index (χ1n) is 10.5. The third kappa shape index (κ3) is 4.85. The van der Waals surface area contributed by atoms with Crippen molar-refractivity contribution in [2.45, 2.75) is 26.2 Å². The van der Waals surface area contributed by atoms with Crippen LogP contribution < -0.4 is 10.6 Å². The van der Waals surface area contributed by atoms with Gasteiger partial charge in [-0.2, -0.15) is 0 Å². The van der Waals surface area contributed by atoms with Crippen molar-refractivity contribution in [3.05, 3.63) is 65.2 Å². The van der Waals surface area contributed by atoms with Crippen LogP contribution >= 0.6 is 0 Å². The fraction of sp³-hybridized carbons (Fsp3) is 0.417. The van der Waals surface area contributed by atoms with Gasteiger partial charge >= 0.3 is 6.03 Å². The van der Waals surface area contributed by atoms with E-state index in [1.807, 2.05) is 0 Å². The summed E-state index contributed by atoms with van der Waals surface area (Å²) in [7, 11) is 0. The maximum atomic E-state index is 12.1. The van der Waals surface area contributed by atoms with Gasteiger partial charge in [0.05, 0.1) is 0 Å². The van der Waals surface area contributed by atoms with Gasteiger partial charge in [0, 0.05) is 30.9 Å². The van der Waals surface area contributed by atoms with E-state index in [0.717, 1.165) is 24.8 Å². The first-order chi connectivity index (χ1) is 14.1. The molecule has 2 N–H and O–H groups in total. The molecule has 0 aromatic heterocycles. The second kappa shape index (κ2) is 8.78. The van der Waals surface area contributed by atoms with E-state index in [4.69, 9.17) is 0 Å². The normalized spacial score (nSPS) is 20.6. The van der Waals surface area contributed by atoms with Gasteiger partial charge in [0.2, 0.25) is 0 Å². The summed E-state index contributed by atoms with van der Waals surface area (Å²) in [6.07, 6.45) is 3.35. The highest BCUT2D eigenvalue weighted by atomic mass is 16.2. The van der Waals surface area contributed by atoms with E-state index in [1.165, 1.54) is 44.0 Å². The van der Waals surface area contributed by atoms with Gasteiger partial charge in [-0.05, 0) is 67.8 Å². The molecule has 0 spiro atoms. The highest BCUT2D eigenvalue weighted by molar-refractivity contribution is 5.96. The molecule has 2 aromatic carbocycles. The number of benzene rings is 2. The molecule has 0 saturated carbocycles. The topological polar surface area (TPSA) is 61.4 Å². The van der Waals surface area contributed by atoms with Crippen LogP contribution in [0.5, 0.6) is 0 Å². The zero-order chi connectivity index (χ0) is 20.2. The molecule has 1 fully saturated rings. The highest BCUT2D eigenvalue weighted by Gasteiger charge is 2.35. The Hall–Kier alpha value is -2.66. The molecule has 5 heteroatoms. The molecule has 4 rings (SSSR count). The number of anilines is 1. The summed E-state index contributed by atoms with van der Waals surface area (Å²) < 4.78 is 0. The van der Waals surface area contributed by atoms with Crippen LogP contribution in [0.1, 0.15) is 34.8 Å². The number of nitrogens with one attached hydrogen (secondary N) is 2. The fourth-order valence-electron chi connectivity index (χ4n) is 4.70. The highest BCUT2D eigenvalue weighted by Crippen LogP contribution is 2.35. The smallest absolute Gasteiger partial charge is 0.319 e. The van der Waals surface area contributed by atoms with Crippen molar-refractivity contribution in [2.75, 3.05) is 31.5 Å². The zero-order valence-corrected chi connectivity index (χ0v) is 17.0. The summed E-state index contributed by atoms with van der Waals surface area (Å²) in [6.45, 7) is 5.52. The van der Waals surface area contributed by atoms with Crippen LogP contribution in [0.4, 0.5) is 10.5 Å². The Morgan fingerprint density at radius 2 is 1.69 bits per heavy atom. The van der Waals surface area contributed by atoms with E-state index in [9.17, 15) is 9.59 Å². The molecule has 2 aromatic rings. The molecule has 1 heterocycles. The van der Waals surface area contributed by atoms with E-state index in [-0.39, 0.29) is 11.8 Å². The number of fused-ring (bicyclic) bond motifs is 2. The second-order valence-electron chi connectivity index (χ2n) is 8.33. The standard InChI is InChI=1S/C24H29N3O2/c1-17(28)18-8-4-9-23(14-18)26-24(29)25-10-5-11-27-15-21-12-19-6-2-3-7-20(19)13-22(21)16-27/h2-4,6-9,14,21-22H,5,10-13,15-16H2,1H3,(H2,25,26,29). The van der Waals surface area contributed by atoms with Crippen LogP contribution in [-0.2, 0) is 12.8 Å². The molecule has 0 radical (unpaired) electrons. The number of urea groups is 1. The minimum absolute atomic E-state index is 0.0108. The van der Waals surface area contributed by atoms with Crippen LogP contribution in [0.15, 0.2) is 48.5 Å². The number of carbonyl (C=O) groups is 2. The Kier molecular flexibility index (Phi) is 5.95. The Balaban J connectivity index is 1.18. The van der Waals surface area contributed by atoms with Gasteiger partial charge in [-0.1, -0.05) is 36.4 Å². The van der Waals surface area contributed by atoms with Gasteiger partial charge in [0.15, 0.2) is 5.78 Å². The summed E-state index contributed by atoms with van der Waals surface area (Å²) in [5.41, 5.74) is 4.30. The molecule has 1 saturated heterocycles. The number of ketones is 1. The number of hydrogen-bond acceptors (Lipinski definition) is 3. The molecule has 5 nitrogen and oxygen atoms in total. The molecule has 29 heavy (non-hydrogen) atoms. The number of rotatable bonds is 6. The largest absolute Gasteiger partial charge is 0.338 e. The Morgan fingerprint density at radius 1 is 1.00 bits per heavy atom. The number of hydrogen-bond donors (Lipinski definition) is 2. The minimum atomic E-state index is -0.226. The molecule has 2 amide bonds. The van der Waals surface area contributed by atoms with Crippen LogP contribution in [-0.4, -0.2) is 42.9 Å². The lowest BCUT2D eigenvalue weighted by molar-refractivity contribution is 0.101. The number of Topliss-reactive ketones (excluding diaryl/α,β-unsaturated/α-hetero) is 1. The molecule has 2 aliphatic rings. The van der Waals surface area contributed by atoms with Crippen molar-refractivity contribution in [3.8, 4) is 0 Å². The van der Waals surface area contributed by atoms with Gasteiger partial charge in [-0.25, -0.2) is 4.79 Å². The second-order valence-corrected chi connectivity index (χ2v) is 8.33. The van der Waals surface area contributed by atoms with Crippen molar-refractivity contribution < 1.29 is 9.59 Å². The predicted octanol–water partition coefficient (Wildman–Crippen LogP) is 3.75. The predicted molar refractivity (Wildman–Crippen MR) is 115 cm³/mol. The minimum Gasteiger partial charge on any atom is -0.338 e. The molecule has 1 aliphatic heterocycles. The maximum absolute atomic E-state index is 12.1. The first-order valence-corrected chi connectivity index (χ1v) is 10.5. The van der Waals surface area contributed by atoms with Crippen LogP contribution in [0.25, 0.3) is 0 Å². The molecule has 0 bridgehead atoms. The van der Waals surface area contributed by atoms with E-state index < -0.39 is 0 Å². The van der Waals surface area contributed by atoms with E-state index in [1.54, 1.807) is 24.3 Å². The van der Waals surface area contributed by atoms with E-state index in [2.05, 4.69) is 39.8 Å². The van der Waals surface area contributed by atoms with Gasteiger partial charge in [0.25, 0.3) is 0 Å².